The van der Waals surface area contributed by atoms with Crippen LogP contribution in [0.4, 0.5) is 0 Å². The maximum atomic E-state index is 10.9. The predicted molar refractivity (Wildman–Crippen MR) is 87.2 cm³/mol. The molecule has 0 aliphatic heterocycles. The van der Waals surface area contributed by atoms with Gasteiger partial charge in [-0.1, -0.05) is 29.4 Å². The Labute approximate surface area is 134 Å². The monoisotopic (exact) mass is 330 g/mol. The molecule has 23 heavy (non-hydrogen) atoms. The molecule has 0 atom stereocenters. The van der Waals surface area contributed by atoms with Gasteiger partial charge in [0.15, 0.2) is 0 Å². The van der Waals surface area contributed by atoms with Crippen molar-refractivity contribution >= 4 is 21.4 Å². The lowest BCUT2D eigenvalue weighted by atomic mass is 9.97. The van der Waals surface area contributed by atoms with E-state index in [9.17, 15) is 13.7 Å². The van der Waals surface area contributed by atoms with Crippen molar-refractivity contribution in [2.24, 2.45) is 5.16 Å². The SMILES string of the molecule is COc1ccccc1C(C#N)=C1C=CC(=NOS(C)(=O)=O)C=C1. The van der Waals surface area contributed by atoms with Crippen LogP contribution in [0.3, 0.4) is 0 Å². The van der Waals surface area contributed by atoms with E-state index in [1.165, 1.54) is 0 Å². The number of para-hydroxylation sites is 1. The number of hydrogen-bond acceptors (Lipinski definition) is 6. The maximum Gasteiger partial charge on any atom is 0.325 e. The highest BCUT2D eigenvalue weighted by molar-refractivity contribution is 7.85. The fourth-order valence-corrected chi connectivity index (χ4v) is 2.15. The van der Waals surface area contributed by atoms with Gasteiger partial charge in [0, 0.05) is 5.56 Å². The van der Waals surface area contributed by atoms with Gasteiger partial charge >= 0.3 is 10.1 Å². The second-order valence-electron chi connectivity index (χ2n) is 4.60. The summed E-state index contributed by atoms with van der Waals surface area (Å²) in [7, 11) is -2.11. The largest absolute Gasteiger partial charge is 0.496 e. The molecule has 1 aliphatic rings. The second-order valence-corrected chi connectivity index (χ2v) is 6.16. The average molecular weight is 330 g/mol. The van der Waals surface area contributed by atoms with E-state index in [0.29, 0.717) is 28.2 Å². The summed E-state index contributed by atoms with van der Waals surface area (Å²) in [4.78, 5) is 0. The topological polar surface area (TPSA) is 88.8 Å². The third kappa shape index (κ3) is 4.31. The third-order valence-electron chi connectivity index (χ3n) is 2.92. The lowest BCUT2D eigenvalue weighted by molar-refractivity contribution is 0.344. The second kappa shape index (κ2) is 6.94. The molecule has 6 nitrogen and oxygen atoms in total. The summed E-state index contributed by atoms with van der Waals surface area (Å²) in [5, 5.41) is 13.0. The fraction of sp³-hybridized carbons (Fsp3) is 0.125. The molecule has 1 aliphatic carbocycles. The van der Waals surface area contributed by atoms with Crippen molar-refractivity contribution in [1.82, 2.24) is 0 Å². The Bertz CT molecular complexity index is 854. The van der Waals surface area contributed by atoms with Gasteiger partial charge in [-0.3, -0.25) is 4.28 Å². The Balaban J connectivity index is 2.36. The highest BCUT2D eigenvalue weighted by Crippen LogP contribution is 2.29. The summed E-state index contributed by atoms with van der Waals surface area (Å²) in [5.74, 6) is 0.596. The van der Waals surface area contributed by atoms with E-state index in [1.54, 1.807) is 43.5 Å². The van der Waals surface area contributed by atoms with Gasteiger partial charge in [0.05, 0.1) is 18.9 Å². The van der Waals surface area contributed by atoms with Crippen molar-refractivity contribution in [2.75, 3.05) is 13.4 Å². The quantitative estimate of drug-likeness (QED) is 0.625. The molecule has 2 rings (SSSR count). The van der Waals surface area contributed by atoms with Crippen molar-refractivity contribution in [3.05, 3.63) is 59.7 Å². The van der Waals surface area contributed by atoms with Crippen molar-refractivity contribution in [2.45, 2.75) is 0 Å². The van der Waals surface area contributed by atoms with Crippen molar-refractivity contribution < 1.29 is 17.4 Å². The Hall–Kier alpha value is -2.85. The molecule has 0 heterocycles. The van der Waals surface area contributed by atoms with E-state index in [-0.39, 0.29) is 0 Å². The molecule has 0 unspecified atom stereocenters. The minimum absolute atomic E-state index is 0.330. The number of hydrogen-bond donors (Lipinski definition) is 0. The smallest absolute Gasteiger partial charge is 0.325 e. The highest BCUT2D eigenvalue weighted by atomic mass is 32.2. The number of oxime groups is 1. The van der Waals surface area contributed by atoms with E-state index < -0.39 is 10.1 Å². The molecule has 0 bridgehead atoms. The van der Waals surface area contributed by atoms with Gasteiger partial charge in [-0.25, -0.2) is 0 Å². The molecular formula is C16H14N2O4S. The molecular weight excluding hydrogens is 316 g/mol. The van der Waals surface area contributed by atoms with Crippen LogP contribution in [0.15, 0.2) is 59.3 Å². The molecule has 0 N–H and O–H groups in total. The number of methoxy groups -OCH3 is 1. The van der Waals surface area contributed by atoms with Gasteiger partial charge in [0.1, 0.15) is 17.5 Å². The van der Waals surface area contributed by atoms with Crippen LogP contribution in [-0.4, -0.2) is 27.5 Å². The van der Waals surface area contributed by atoms with Gasteiger partial charge in [-0.2, -0.15) is 13.7 Å². The van der Waals surface area contributed by atoms with E-state index in [4.69, 9.17) is 4.74 Å². The minimum atomic E-state index is -3.65. The van der Waals surface area contributed by atoms with Crippen LogP contribution < -0.4 is 4.74 Å². The Kier molecular flexibility index (Phi) is 4.98. The number of ether oxygens (including phenoxy) is 1. The van der Waals surface area contributed by atoms with Gasteiger partial charge < -0.3 is 4.74 Å². The summed E-state index contributed by atoms with van der Waals surface area (Å²) in [6.45, 7) is 0. The van der Waals surface area contributed by atoms with E-state index in [0.717, 1.165) is 6.26 Å². The highest BCUT2D eigenvalue weighted by Gasteiger charge is 2.12. The molecule has 1 aromatic carbocycles. The maximum absolute atomic E-state index is 10.9. The van der Waals surface area contributed by atoms with Gasteiger partial charge in [-0.15, -0.1) is 0 Å². The number of rotatable bonds is 4. The first-order valence-corrected chi connectivity index (χ1v) is 8.37. The van der Waals surface area contributed by atoms with Crippen LogP contribution in [0.25, 0.3) is 5.57 Å². The van der Waals surface area contributed by atoms with Crippen molar-refractivity contribution in [1.29, 1.82) is 5.26 Å². The van der Waals surface area contributed by atoms with Crippen LogP contribution in [0.2, 0.25) is 0 Å². The first-order valence-electron chi connectivity index (χ1n) is 6.55. The lowest BCUT2D eigenvalue weighted by Gasteiger charge is -2.10. The van der Waals surface area contributed by atoms with Gasteiger partial charge in [0.25, 0.3) is 0 Å². The molecule has 0 aromatic heterocycles. The Morgan fingerprint density at radius 2 is 1.83 bits per heavy atom. The molecule has 0 radical (unpaired) electrons. The van der Waals surface area contributed by atoms with Crippen LogP contribution in [0.1, 0.15) is 5.56 Å². The summed E-state index contributed by atoms with van der Waals surface area (Å²) >= 11 is 0. The Morgan fingerprint density at radius 3 is 2.39 bits per heavy atom. The molecule has 0 spiro atoms. The van der Waals surface area contributed by atoms with Crippen molar-refractivity contribution in [3.8, 4) is 11.8 Å². The zero-order chi connectivity index (χ0) is 16.9. The predicted octanol–water partition coefficient (Wildman–Crippen LogP) is 2.43. The average Bonchev–Trinajstić information content (AvgIpc) is 2.54. The molecule has 1 aromatic rings. The van der Waals surface area contributed by atoms with Crippen molar-refractivity contribution in [3.63, 3.8) is 0 Å². The fourth-order valence-electron chi connectivity index (χ4n) is 1.93. The molecule has 118 valence electrons. The zero-order valence-corrected chi connectivity index (χ0v) is 13.4. The standard InChI is InChI=1S/C16H14N2O4S/c1-21-16-6-4-3-5-14(16)15(11-17)12-7-9-13(10-8-12)18-22-23(2,19)20/h3-10H,1-2H3. The van der Waals surface area contributed by atoms with E-state index in [1.807, 2.05) is 12.1 Å². The van der Waals surface area contributed by atoms with Gasteiger partial charge in [-0.05, 0) is 29.9 Å². The lowest BCUT2D eigenvalue weighted by Crippen LogP contribution is -2.02. The van der Waals surface area contributed by atoms with Crippen LogP contribution in [-0.2, 0) is 14.4 Å². The summed E-state index contributed by atoms with van der Waals surface area (Å²) in [6.07, 6.45) is 7.36. The van der Waals surface area contributed by atoms with E-state index >= 15 is 0 Å². The zero-order valence-electron chi connectivity index (χ0n) is 12.6. The number of nitriles is 1. The summed E-state index contributed by atoms with van der Waals surface area (Å²) < 4.78 is 31.4. The first-order chi connectivity index (χ1) is 10.9. The number of benzene rings is 1. The number of allylic oxidation sites excluding steroid dienone is 6. The molecule has 0 saturated carbocycles. The van der Waals surface area contributed by atoms with Crippen LogP contribution in [0, 0.1) is 11.3 Å². The molecule has 0 amide bonds. The molecule has 0 saturated heterocycles. The van der Waals surface area contributed by atoms with Gasteiger partial charge in [0.2, 0.25) is 0 Å². The van der Waals surface area contributed by atoms with Crippen LogP contribution >= 0.6 is 0 Å². The summed E-state index contributed by atoms with van der Waals surface area (Å²) in [6, 6.07) is 9.37. The summed E-state index contributed by atoms with van der Waals surface area (Å²) in [5.41, 5.74) is 2.11. The molecule has 0 fully saturated rings. The van der Waals surface area contributed by atoms with Crippen LogP contribution in [0.5, 0.6) is 5.75 Å². The Morgan fingerprint density at radius 1 is 1.17 bits per heavy atom. The normalized spacial score (nSPS) is 13.4. The number of nitrogens with zero attached hydrogens (tertiary/aromatic N) is 2. The molecule has 7 heteroatoms. The third-order valence-corrected chi connectivity index (χ3v) is 3.27. The first kappa shape index (κ1) is 16.5. The van der Waals surface area contributed by atoms with E-state index in [2.05, 4.69) is 15.5 Å². The minimum Gasteiger partial charge on any atom is -0.496 e.